The lowest BCUT2D eigenvalue weighted by molar-refractivity contribution is 0.873. The lowest BCUT2D eigenvalue weighted by atomic mass is 10.1. The Hall–Kier alpha value is -2.05. The highest BCUT2D eigenvalue weighted by molar-refractivity contribution is 6.32. The van der Waals surface area contributed by atoms with Gasteiger partial charge in [-0.1, -0.05) is 17.7 Å². The smallest absolute Gasteiger partial charge is 0.103 e. The van der Waals surface area contributed by atoms with Gasteiger partial charge in [-0.15, -0.1) is 0 Å². The van der Waals surface area contributed by atoms with E-state index in [0.717, 1.165) is 18.7 Å². The number of rotatable bonds is 4. The normalized spacial score (nSPS) is 9.95. The quantitative estimate of drug-likeness (QED) is 0.857. The molecule has 0 saturated carbocycles. The minimum absolute atomic E-state index is 0.496. The second kappa shape index (κ2) is 6.21. The summed E-state index contributed by atoms with van der Waals surface area (Å²) in [5.74, 6) is 0. The molecule has 2 aromatic rings. The van der Waals surface area contributed by atoms with Gasteiger partial charge in [0.05, 0.1) is 16.3 Å². The maximum absolute atomic E-state index is 9.16. The van der Waals surface area contributed by atoms with Crippen molar-refractivity contribution in [1.82, 2.24) is 4.98 Å². The third-order valence-electron chi connectivity index (χ3n) is 3.00. The molecule has 19 heavy (non-hydrogen) atoms. The second-order valence-electron chi connectivity index (χ2n) is 4.27. The molecule has 0 radical (unpaired) electrons. The molecule has 0 aliphatic rings. The van der Waals surface area contributed by atoms with Crippen LogP contribution in [-0.2, 0) is 6.42 Å². The van der Waals surface area contributed by atoms with E-state index in [-0.39, 0.29) is 0 Å². The van der Waals surface area contributed by atoms with Crippen LogP contribution in [0, 0.1) is 11.3 Å². The van der Waals surface area contributed by atoms with Crippen molar-refractivity contribution in [2.75, 3.05) is 18.5 Å². The van der Waals surface area contributed by atoms with Crippen LogP contribution >= 0.6 is 11.6 Å². The third kappa shape index (κ3) is 3.24. The zero-order valence-corrected chi connectivity index (χ0v) is 11.4. The van der Waals surface area contributed by atoms with Crippen LogP contribution in [0.4, 0.5) is 5.69 Å². The number of likely N-dealkylation sites (N-methyl/N-ethyl adjacent to an activating group) is 1. The molecule has 1 aromatic heterocycles. The fourth-order valence-electron chi connectivity index (χ4n) is 1.91. The Morgan fingerprint density at radius 1 is 1.26 bits per heavy atom. The summed E-state index contributed by atoms with van der Waals surface area (Å²) < 4.78 is 0. The van der Waals surface area contributed by atoms with E-state index in [9.17, 15) is 0 Å². The Balaban J connectivity index is 2.11. The highest BCUT2D eigenvalue weighted by atomic mass is 35.5. The van der Waals surface area contributed by atoms with Gasteiger partial charge in [0.1, 0.15) is 6.07 Å². The molecule has 0 aliphatic carbocycles. The lowest BCUT2D eigenvalue weighted by Crippen LogP contribution is -2.21. The van der Waals surface area contributed by atoms with E-state index in [1.165, 1.54) is 5.56 Å². The van der Waals surface area contributed by atoms with Gasteiger partial charge >= 0.3 is 0 Å². The predicted molar refractivity (Wildman–Crippen MR) is 77.4 cm³/mol. The number of aromatic nitrogens is 1. The van der Waals surface area contributed by atoms with Crippen LogP contribution < -0.4 is 4.90 Å². The number of hydrogen-bond donors (Lipinski definition) is 0. The van der Waals surface area contributed by atoms with Gasteiger partial charge in [0.2, 0.25) is 0 Å². The van der Waals surface area contributed by atoms with Crippen molar-refractivity contribution < 1.29 is 0 Å². The Bertz CT molecular complexity index is 590. The van der Waals surface area contributed by atoms with Gasteiger partial charge in [0.15, 0.2) is 0 Å². The molecule has 0 atom stereocenters. The first kappa shape index (κ1) is 13.4. The van der Waals surface area contributed by atoms with Gasteiger partial charge in [0, 0.05) is 26.0 Å². The average molecular weight is 272 g/mol. The number of anilines is 1. The number of hydrogen-bond acceptors (Lipinski definition) is 3. The van der Waals surface area contributed by atoms with Gasteiger partial charge in [-0.25, -0.2) is 0 Å². The Morgan fingerprint density at radius 3 is 2.68 bits per heavy atom. The van der Waals surface area contributed by atoms with Crippen LogP contribution in [0.2, 0.25) is 5.02 Å². The fraction of sp³-hybridized carbons (Fsp3) is 0.200. The van der Waals surface area contributed by atoms with E-state index in [1.807, 2.05) is 36.2 Å². The van der Waals surface area contributed by atoms with Crippen LogP contribution in [0.5, 0.6) is 0 Å². The fourth-order valence-corrected chi connectivity index (χ4v) is 2.12. The van der Waals surface area contributed by atoms with E-state index >= 15 is 0 Å². The number of nitrogens with zero attached hydrogens (tertiary/aromatic N) is 3. The van der Waals surface area contributed by atoms with Crippen LogP contribution in [0.25, 0.3) is 0 Å². The van der Waals surface area contributed by atoms with Crippen LogP contribution in [0.3, 0.4) is 0 Å². The molecule has 3 nitrogen and oxygen atoms in total. The Kier molecular flexibility index (Phi) is 4.38. The Labute approximate surface area is 118 Å². The van der Waals surface area contributed by atoms with E-state index in [1.54, 1.807) is 18.5 Å². The molecule has 0 bridgehead atoms. The van der Waals surface area contributed by atoms with Gasteiger partial charge in [0.25, 0.3) is 0 Å². The summed E-state index contributed by atoms with van der Waals surface area (Å²) in [7, 11) is 1.97. The number of pyridine rings is 1. The molecule has 2 rings (SSSR count). The van der Waals surface area contributed by atoms with E-state index in [2.05, 4.69) is 11.1 Å². The molecule has 0 N–H and O–H groups in total. The summed E-state index contributed by atoms with van der Waals surface area (Å²) in [6.07, 6.45) is 4.47. The lowest BCUT2D eigenvalue weighted by Gasteiger charge is -2.20. The topological polar surface area (TPSA) is 39.9 Å². The van der Waals surface area contributed by atoms with E-state index in [0.29, 0.717) is 10.6 Å². The number of halogens is 1. The van der Waals surface area contributed by atoms with E-state index in [4.69, 9.17) is 16.9 Å². The van der Waals surface area contributed by atoms with E-state index < -0.39 is 0 Å². The van der Waals surface area contributed by atoms with Crippen molar-refractivity contribution in [3.8, 4) is 6.07 Å². The van der Waals surface area contributed by atoms with Gasteiger partial charge in [-0.05, 0) is 36.2 Å². The molecule has 0 fully saturated rings. The maximum atomic E-state index is 9.16. The van der Waals surface area contributed by atoms with Crippen LogP contribution in [0.15, 0.2) is 42.7 Å². The molecule has 0 amide bonds. The van der Waals surface area contributed by atoms with Gasteiger partial charge in [-0.3, -0.25) is 4.98 Å². The summed E-state index contributed by atoms with van der Waals surface area (Å²) in [5.41, 5.74) is 2.62. The minimum atomic E-state index is 0.496. The molecule has 96 valence electrons. The SMILES string of the molecule is CN(CCc1ccncc1)c1cccc(Cl)c1C#N. The summed E-state index contributed by atoms with van der Waals surface area (Å²) in [6, 6.07) is 11.7. The van der Waals surface area contributed by atoms with Crippen molar-refractivity contribution >= 4 is 17.3 Å². The molecule has 0 saturated heterocycles. The molecular formula is C15H14ClN3. The van der Waals surface area contributed by atoms with Crippen molar-refractivity contribution in [3.63, 3.8) is 0 Å². The van der Waals surface area contributed by atoms with Crippen LogP contribution in [-0.4, -0.2) is 18.6 Å². The molecule has 0 aliphatic heterocycles. The standard InChI is InChI=1S/C15H14ClN3/c1-19(10-7-12-5-8-18-9-6-12)15-4-2-3-14(16)13(15)11-17/h2-6,8-9H,7,10H2,1H3. The first-order chi connectivity index (χ1) is 9.22. The first-order valence-corrected chi connectivity index (χ1v) is 6.39. The third-order valence-corrected chi connectivity index (χ3v) is 3.31. The molecule has 0 spiro atoms. The van der Waals surface area contributed by atoms with Crippen molar-refractivity contribution in [2.24, 2.45) is 0 Å². The summed E-state index contributed by atoms with van der Waals surface area (Å²) >= 11 is 6.03. The van der Waals surface area contributed by atoms with Gasteiger partial charge in [-0.2, -0.15) is 5.26 Å². The number of benzene rings is 1. The van der Waals surface area contributed by atoms with Crippen molar-refractivity contribution in [3.05, 3.63) is 58.9 Å². The van der Waals surface area contributed by atoms with Gasteiger partial charge < -0.3 is 4.90 Å². The molecule has 1 aromatic carbocycles. The van der Waals surface area contributed by atoms with Crippen molar-refractivity contribution in [2.45, 2.75) is 6.42 Å². The molecular weight excluding hydrogens is 258 g/mol. The first-order valence-electron chi connectivity index (χ1n) is 6.01. The second-order valence-corrected chi connectivity index (χ2v) is 4.68. The summed E-state index contributed by atoms with van der Waals surface area (Å²) in [6.45, 7) is 0.818. The zero-order valence-electron chi connectivity index (χ0n) is 10.7. The highest BCUT2D eigenvalue weighted by Gasteiger charge is 2.10. The Morgan fingerprint density at radius 2 is 2.00 bits per heavy atom. The zero-order chi connectivity index (χ0) is 13.7. The monoisotopic (exact) mass is 271 g/mol. The molecule has 4 heteroatoms. The average Bonchev–Trinajstić information content (AvgIpc) is 2.45. The number of nitriles is 1. The van der Waals surface area contributed by atoms with Crippen LogP contribution in [0.1, 0.15) is 11.1 Å². The molecule has 1 heterocycles. The van der Waals surface area contributed by atoms with Crippen molar-refractivity contribution in [1.29, 1.82) is 5.26 Å². The molecule has 0 unspecified atom stereocenters. The summed E-state index contributed by atoms with van der Waals surface area (Å²) in [5, 5.41) is 9.66. The maximum Gasteiger partial charge on any atom is 0.103 e. The largest absolute Gasteiger partial charge is 0.373 e. The minimum Gasteiger partial charge on any atom is -0.373 e. The highest BCUT2D eigenvalue weighted by Crippen LogP contribution is 2.25. The summed E-state index contributed by atoms with van der Waals surface area (Å²) in [4.78, 5) is 6.04. The predicted octanol–water partition coefficient (Wildman–Crippen LogP) is 3.29.